The third kappa shape index (κ3) is 3.97. The number of piperazine rings is 1. The smallest absolute Gasteiger partial charge is 0.253 e. The zero-order chi connectivity index (χ0) is 18.6. The van der Waals surface area contributed by atoms with Crippen LogP contribution in [0.4, 0.5) is 5.82 Å². The van der Waals surface area contributed by atoms with Gasteiger partial charge in [-0.15, -0.1) is 5.10 Å². The average molecular weight is 362 g/mol. The van der Waals surface area contributed by atoms with Crippen LogP contribution in [0.3, 0.4) is 0 Å². The molecule has 7 heteroatoms. The Balaban J connectivity index is 1.35. The largest absolute Gasteiger partial charge is 0.352 e. The molecule has 1 aliphatic heterocycles. The van der Waals surface area contributed by atoms with Gasteiger partial charge >= 0.3 is 0 Å². The normalized spacial score (nSPS) is 14.4. The Kier molecular flexibility index (Phi) is 4.82. The highest BCUT2D eigenvalue weighted by Crippen LogP contribution is 2.15. The van der Waals surface area contributed by atoms with Crippen molar-refractivity contribution in [3.63, 3.8) is 0 Å². The summed E-state index contributed by atoms with van der Waals surface area (Å²) >= 11 is 0. The molecule has 0 bridgehead atoms. The molecular formula is C20H22N6O. The van der Waals surface area contributed by atoms with Gasteiger partial charge in [0, 0.05) is 50.7 Å². The van der Waals surface area contributed by atoms with E-state index in [-0.39, 0.29) is 5.91 Å². The molecule has 138 valence electrons. The number of anilines is 1. The van der Waals surface area contributed by atoms with Gasteiger partial charge in [0.1, 0.15) is 0 Å². The molecule has 0 unspecified atom stereocenters. The second-order valence-corrected chi connectivity index (χ2v) is 6.74. The molecule has 0 atom stereocenters. The van der Waals surface area contributed by atoms with Crippen LogP contribution in [0, 0.1) is 6.92 Å². The minimum absolute atomic E-state index is 0.0822. The molecule has 3 heterocycles. The number of carbonyl (C=O) groups is 1. The van der Waals surface area contributed by atoms with Crippen LogP contribution in [-0.4, -0.2) is 56.7 Å². The van der Waals surface area contributed by atoms with Crippen LogP contribution in [0.5, 0.6) is 0 Å². The molecule has 1 aromatic carbocycles. The molecule has 4 rings (SSSR count). The fourth-order valence-electron chi connectivity index (χ4n) is 3.23. The summed E-state index contributed by atoms with van der Waals surface area (Å²) in [4.78, 5) is 20.9. The Morgan fingerprint density at radius 3 is 2.41 bits per heavy atom. The minimum Gasteiger partial charge on any atom is -0.352 e. The summed E-state index contributed by atoms with van der Waals surface area (Å²) < 4.78 is 2.00. The van der Waals surface area contributed by atoms with Gasteiger partial charge in [0.2, 0.25) is 0 Å². The van der Waals surface area contributed by atoms with Crippen LogP contribution in [0.1, 0.15) is 21.6 Å². The van der Waals surface area contributed by atoms with Crippen molar-refractivity contribution in [2.24, 2.45) is 0 Å². The van der Waals surface area contributed by atoms with Gasteiger partial charge in [-0.05, 0) is 36.8 Å². The molecule has 2 aromatic heterocycles. The first-order chi connectivity index (χ1) is 13.2. The first-order valence-corrected chi connectivity index (χ1v) is 9.08. The van der Waals surface area contributed by atoms with Gasteiger partial charge in [0.15, 0.2) is 5.82 Å². The topological polar surface area (TPSA) is 67.2 Å². The first-order valence-electron chi connectivity index (χ1n) is 9.08. The van der Waals surface area contributed by atoms with Gasteiger partial charge in [0.05, 0.1) is 12.0 Å². The predicted octanol–water partition coefficient (Wildman–Crippen LogP) is 1.99. The third-order valence-corrected chi connectivity index (χ3v) is 4.80. The molecule has 1 aliphatic rings. The lowest BCUT2D eigenvalue weighted by molar-refractivity contribution is 0.0746. The second kappa shape index (κ2) is 7.57. The number of hydrogen-bond acceptors (Lipinski definition) is 5. The van der Waals surface area contributed by atoms with Crippen LogP contribution in [0.2, 0.25) is 0 Å². The van der Waals surface area contributed by atoms with E-state index in [0.29, 0.717) is 13.1 Å². The molecule has 0 aliphatic carbocycles. The quantitative estimate of drug-likeness (QED) is 0.710. The fourth-order valence-corrected chi connectivity index (χ4v) is 3.23. The Bertz CT molecular complexity index is 881. The lowest BCUT2D eigenvalue weighted by Crippen LogP contribution is -2.49. The molecule has 3 aromatic rings. The predicted molar refractivity (Wildman–Crippen MR) is 103 cm³/mol. The number of aryl methyl sites for hydroxylation is 1. The highest BCUT2D eigenvalue weighted by atomic mass is 16.2. The van der Waals surface area contributed by atoms with Crippen LogP contribution >= 0.6 is 0 Å². The van der Waals surface area contributed by atoms with Crippen molar-refractivity contribution in [2.45, 2.75) is 13.5 Å². The van der Waals surface area contributed by atoms with E-state index in [2.05, 4.69) is 20.1 Å². The number of nitrogens with zero attached hydrogens (tertiary/aromatic N) is 6. The lowest BCUT2D eigenvalue weighted by atomic mass is 10.1. The fraction of sp³-hybridized carbons (Fsp3) is 0.300. The van der Waals surface area contributed by atoms with Gasteiger partial charge in [0.25, 0.3) is 5.91 Å². The Morgan fingerprint density at radius 2 is 1.78 bits per heavy atom. The zero-order valence-electron chi connectivity index (χ0n) is 15.3. The number of benzene rings is 1. The molecule has 0 spiro atoms. The van der Waals surface area contributed by atoms with E-state index in [1.165, 1.54) is 0 Å². The highest BCUT2D eigenvalue weighted by molar-refractivity contribution is 5.94. The van der Waals surface area contributed by atoms with Gasteiger partial charge in [-0.1, -0.05) is 12.1 Å². The van der Waals surface area contributed by atoms with Crippen LogP contribution in [0.15, 0.2) is 55.1 Å². The highest BCUT2D eigenvalue weighted by Gasteiger charge is 2.23. The number of aromatic nitrogens is 4. The standard InChI is InChI=1S/C20H22N6O/c1-16-2-7-19(23-22-16)25-10-12-26(13-11-25)20(27)18-5-3-17(4-6-18)14-24-9-8-21-15-24/h2-9,15H,10-14H2,1H3. The monoisotopic (exact) mass is 362 g/mol. The SMILES string of the molecule is Cc1ccc(N2CCN(C(=O)c3ccc(Cn4ccnc4)cc3)CC2)nn1. The lowest BCUT2D eigenvalue weighted by Gasteiger charge is -2.35. The van der Waals surface area contributed by atoms with Crippen molar-refractivity contribution in [1.82, 2.24) is 24.6 Å². The molecule has 7 nitrogen and oxygen atoms in total. The van der Waals surface area contributed by atoms with Crippen molar-refractivity contribution in [2.75, 3.05) is 31.1 Å². The van der Waals surface area contributed by atoms with Gasteiger partial charge in [-0.25, -0.2) is 4.98 Å². The number of rotatable bonds is 4. The summed E-state index contributed by atoms with van der Waals surface area (Å²) in [6.45, 7) is 5.58. The van der Waals surface area contributed by atoms with Crippen LogP contribution in [-0.2, 0) is 6.54 Å². The first kappa shape index (κ1) is 17.2. The summed E-state index contributed by atoms with van der Waals surface area (Å²) in [7, 11) is 0. The van der Waals surface area contributed by atoms with E-state index in [9.17, 15) is 4.79 Å². The van der Waals surface area contributed by atoms with Crippen molar-refractivity contribution in [3.8, 4) is 0 Å². The van der Waals surface area contributed by atoms with E-state index >= 15 is 0 Å². The summed E-state index contributed by atoms with van der Waals surface area (Å²) in [6, 6.07) is 11.8. The van der Waals surface area contributed by atoms with Crippen molar-refractivity contribution in [1.29, 1.82) is 0 Å². The summed E-state index contributed by atoms with van der Waals surface area (Å²) in [5.74, 6) is 0.954. The number of carbonyl (C=O) groups excluding carboxylic acids is 1. The van der Waals surface area contributed by atoms with Gasteiger partial charge in [-0.2, -0.15) is 5.10 Å². The number of imidazole rings is 1. The summed E-state index contributed by atoms with van der Waals surface area (Å²) in [6.07, 6.45) is 5.48. The molecule has 27 heavy (non-hydrogen) atoms. The van der Waals surface area contributed by atoms with Crippen molar-refractivity contribution >= 4 is 11.7 Å². The molecule has 1 saturated heterocycles. The van der Waals surface area contributed by atoms with E-state index in [0.717, 1.165) is 42.3 Å². The summed E-state index contributed by atoms with van der Waals surface area (Å²) in [5.41, 5.74) is 2.78. The number of amides is 1. The van der Waals surface area contributed by atoms with Crippen molar-refractivity contribution < 1.29 is 4.79 Å². The molecule has 1 fully saturated rings. The Morgan fingerprint density at radius 1 is 1.00 bits per heavy atom. The zero-order valence-corrected chi connectivity index (χ0v) is 15.3. The third-order valence-electron chi connectivity index (χ3n) is 4.80. The minimum atomic E-state index is 0.0822. The molecule has 0 saturated carbocycles. The van der Waals surface area contributed by atoms with E-state index in [4.69, 9.17) is 0 Å². The second-order valence-electron chi connectivity index (χ2n) is 6.74. The maximum absolute atomic E-state index is 12.8. The average Bonchev–Trinajstić information content (AvgIpc) is 3.22. The Labute approximate surface area is 158 Å². The van der Waals surface area contributed by atoms with Crippen LogP contribution in [0.25, 0.3) is 0 Å². The van der Waals surface area contributed by atoms with E-state index < -0.39 is 0 Å². The molecule has 1 amide bonds. The number of hydrogen-bond donors (Lipinski definition) is 0. The van der Waals surface area contributed by atoms with Crippen LogP contribution < -0.4 is 4.90 Å². The maximum Gasteiger partial charge on any atom is 0.253 e. The van der Waals surface area contributed by atoms with E-state index in [1.807, 2.05) is 59.0 Å². The van der Waals surface area contributed by atoms with E-state index in [1.54, 1.807) is 12.5 Å². The summed E-state index contributed by atoms with van der Waals surface area (Å²) in [5, 5.41) is 8.35. The Hall–Kier alpha value is -3.22. The van der Waals surface area contributed by atoms with Crippen molar-refractivity contribution in [3.05, 3.63) is 71.9 Å². The molecule has 0 radical (unpaired) electrons. The molecule has 0 N–H and O–H groups in total. The van der Waals surface area contributed by atoms with Gasteiger partial charge in [-0.3, -0.25) is 4.79 Å². The molecular weight excluding hydrogens is 340 g/mol. The van der Waals surface area contributed by atoms with Gasteiger partial charge < -0.3 is 14.4 Å². The maximum atomic E-state index is 12.8.